The largest absolute Gasteiger partial charge is 0.478 e. The number of rotatable bonds is 5. The number of ether oxygens (including phenoxy) is 1. The minimum atomic E-state index is -1.07. The van der Waals surface area contributed by atoms with E-state index >= 15 is 0 Å². The van der Waals surface area contributed by atoms with Crippen LogP contribution in [0.2, 0.25) is 0 Å². The molecule has 1 aromatic heterocycles. The van der Waals surface area contributed by atoms with Gasteiger partial charge in [-0.1, -0.05) is 0 Å². The molecular formula is C11H17N3O3. The molecular weight excluding hydrogens is 222 g/mol. The first-order chi connectivity index (χ1) is 7.85. The molecule has 4 N–H and O–H groups in total. The Kier molecular flexibility index (Phi) is 3.90. The second-order valence-electron chi connectivity index (χ2n) is 4.28. The molecule has 0 saturated heterocycles. The van der Waals surface area contributed by atoms with E-state index in [1.54, 1.807) is 7.11 Å². The molecule has 1 aromatic rings. The lowest BCUT2D eigenvalue weighted by Crippen LogP contribution is -2.32. The molecule has 1 rings (SSSR count). The molecule has 0 amide bonds. The van der Waals surface area contributed by atoms with Crippen molar-refractivity contribution in [2.24, 2.45) is 0 Å². The molecule has 0 bridgehead atoms. The number of nitrogens with one attached hydrogen (secondary N) is 1. The molecule has 1 heterocycles. The van der Waals surface area contributed by atoms with Gasteiger partial charge in [0.05, 0.1) is 23.0 Å². The molecule has 17 heavy (non-hydrogen) atoms. The standard InChI is InChI=1S/C11H17N3O3/c1-11(2,17-3)6-14-9-4-7(10(15)16)8(12)5-13-9/h4-5H,6,12H2,1-3H3,(H,13,14)(H,15,16). The third-order valence-electron chi connectivity index (χ3n) is 2.41. The minimum Gasteiger partial charge on any atom is -0.478 e. The van der Waals surface area contributed by atoms with E-state index in [0.29, 0.717) is 12.4 Å². The highest BCUT2D eigenvalue weighted by Gasteiger charge is 2.16. The van der Waals surface area contributed by atoms with Gasteiger partial charge in [-0.15, -0.1) is 0 Å². The number of hydrogen-bond donors (Lipinski definition) is 3. The molecule has 0 aromatic carbocycles. The van der Waals surface area contributed by atoms with Gasteiger partial charge in [-0.25, -0.2) is 9.78 Å². The van der Waals surface area contributed by atoms with Crippen molar-refractivity contribution in [2.75, 3.05) is 24.7 Å². The smallest absolute Gasteiger partial charge is 0.337 e. The lowest BCUT2D eigenvalue weighted by atomic mass is 10.1. The first-order valence-corrected chi connectivity index (χ1v) is 5.13. The van der Waals surface area contributed by atoms with Crippen molar-refractivity contribution in [3.8, 4) is 0 Å². The Morgan fingerprint density at radius 1 is 1.65 bits per heavy atom. The van der Waals surface area contributed by atoms with Gasteiger partial charge >= 0.3 is 5.97 Å². The number of nitrogens with zero attached hydrogens (tertiary/aromatic N) is 1. The molecule has 94 valence electrons. The Bertz CT molecular complexity index is 418. The summed E-state index contributed by atoms with van der Waals surface area (Å²) in [5.74, 6) is -0.610. The number of nitrogens with two attached hydrogens (primary N) is 1. The normalized spacial score (nSPS) is 11.2. The summed E-state index contributed by atoms with van der Waals surface area (Å²) >= 11 is 0. The van der Waals surface area contributed by atoms with Crippen LogP contribution in [-0.4, -0.2) is 35.3 Å². The number of aromatic nitrogens is 1. The predicted molar refractivity (Wildman–Crippen MR) is 65.2 cm³/mol. The fourth-order valence-corrected chi connectivity index (χ4v) is 1.12. The lowest BCUT2D eigenvalue weighted by Gasteiger charge is -2.23. The van der Waals surface area contributed by atoms with Gasteiger partial charge in [0, 0.05) is 13.7 Å². The zero-order valence-electron chi connectivity index (χ0n) is 10.2. The minimum absolute atomic E-state index is 0.0396. The number of carbonyl (C=O) groups is 1. The van der Waals surface area contributed by atoms with Crippen LogP contribution in [0.15, 0.2) is 12.3 Å². The fourth-order valence-electron chi connectivity index (χ4n) is 1.12. The average Bonchev–Trinajstić information content (AvgIpc) is 2.27. The molecule has 0 saturated carbocycles. The quantitative estimate of drug-likeness (QED) is 0.714. The van der Waals surface area contributed by atoms with Gasteiger partial charge in [0.25, 0.3) is 0 Å². The molecule has 6 heteroatoms. The highest BCUT2D eigenvalue weighted by molar-refractivity contribution is 5.94. The van der Waals surface area contributed by atoms with Gasteiger partial charge in [-0.3, -0.25) is 0 Å². The van der Waals surface area contributed by atoms with E-state index in [1.165, 1.54) is 12.3 Å². The van der Waals surface area contributed by atoms with E-state index < -0.39 is 5.97 Å². The summed E-state index contributed by atoms with van der Waals surface area (Å²) in [5, 5.41) is 11.9. The molecule has 0 fully saturated rings. The van der Waals surface area contributed by atoms with Gasteiger partial charge in [0.2, 0.25) is 0 Å². The van der Waals surface area contributed by atoms with Crippen molar-refractivity contribution in [3.05, 3.63) is 17.8 Å². The third kappa shape index (κ3) is 3.60. The SMILES string of the molecule is COC(C)(C)CNc1cc(C(=O)O)c(N)cn1. The Balaban J connectivity index is 2.80. The molecule has 0 aliphatic carbocycles. The molecule has 0 atom stereocenters. The van der Waals surface area contributed by atoms with Crippen LogP contribution in [0.3, 0.4) is 0 Å². The van der Waals surface area contributed by atoms with E-state index in [1.807, 2.05) is 13.8 Å². The number of nitrogen functional groups attached to an aromatic ring is 1. The number of hydrogen-bond acceptors (Lipinski definition) is 5. The maximum absolute atomic E-state index is 10.9. The number of methoxy groups -OCH3 is 1. The van der Waals surface area contributed by atoms with Crippen LogP contribution < -0.4 is 11.1 Å². The number of aromatic carboxylic acids is 1. The number of anilines is 2. The first kappa shape index (κ1) is 13.2. The summed E-state index contributed by atoms with van der Waals surface area (Å²) in [6.45, 7) is 4.34. The van der Waals surface area contributed by atoms with Crippen LogP contribution in [-0.2, 0) is 4.74 Å². The monoisotopic (exact) mass is 239 g/mol. The summed E-state index contributed by atoms with van der Waals surface area (Å²) in [6.07, 6.45) is 1.32. The van der Waals surface area contributed by atoms with Crippen molar-refractivity contribution >= 4 is 17.5 Å². The van der Waals surface area contributed by atoms with E-state index in [9.17, 15) is 4.79 Å². The first-order valence-electron chi connectivity index (χ1n) is 5.13. The summed E-state index contributed by atoms with van der Waals surface area (Å²) in [5.41, 5.74) is 5.33. The Hall–Kier alpha value is -1.82. The van der Waals surface area contributed by atoms with Crippen LogP contribution in [0.25, 0.3) is 0 Å². The van der Waals surface area contributed by atoms with Gasteiger partial charge in [0.1, 0.15) is 5.82 Å². The number of carboxylic acids is 1. The Morgan fingerprint density at radius 2 is 2.29 bits per heavy atom. The predicted octanol–water partition coefficient (Wildman–Crippen LogP) is 1.20. The summed E-state index contributed by atoms with van der Waals surface area (Å²) < 4.78 is 5.23. The summed E-state index contributed by atoms with van der Waals surface area (Å²) in [7, 11) is 1.61. The molecule has 0 aliphatic heterocycles. The zero-order valence-corrected chi connectivity index (χ0v) is 10.2. The second-order valence-corrected chi connectivity index (χ2v) is 4.28. The van der Waals surface area contributed by atoms with Crippen LogP contribution in [0, 0.1) is 0 Å². The Labute approximate surface area is 99.8 Å². The maximum Gasteiger partial charge on any atom is 0.337 e. The maximum atomic E-state index is 10.9. The summed E-state index contributed by atoms with van der Waals surface area (Å²) in [4.78, 5) is 14.9. The lowest BCUT2D eigenvalue weighted by molar-refractivity contribution is 0.0343. The second kappa shape index (κ2) is 5.01. The molecule has 0 unspecified atom stereocenters. The van der Waals surface area contributed by atoms with E-state index in [2.05, 4.69) is 10.3 Å². The molecule has 0 aliphatic rings. The average molecular weight is 239 g/mol. The molecule has 6 nitrogen and oxygen atoms in total. The van der Waals surface area contributed by atoms with Gasteiger partial charge in [-0.05, 0) is 19.9 Å². The van der Waals surface area contributed by atoms with Crippen LogP contribution >= 0.6 is 0 Å². The van der Waals surface area contributed by atoms with E-state index in [0.717, 1.165) is 0 Å². The van der Waals surface area contributed by atoms with Crippen LogP contribution in [0.5, 0.6) is 0 Å². The third-order valence-corrected chi connectivity index (χ3v) is 2.41. The van der Waals surface area contributed by atoms with E-state index in [4.69, 9.17) is 15.6 Å². The topological polar surface area (TPSA) is 97.5 Å². The highest BCUT2D eigenvalue weighted by atomic mass is 16.5. The molecule has 0 spiro atoms. The van der Waals surface area contributed by atoms with Gasteiger partial charge in [-0.2, -0.15) is 0 Å². The van der Waals surface area contributed by atoms with Crippen molar-refractivity contribution in [2.45, 2.75) is 19.4 Å². The van der Waals surface area contributed by atoms with Crippen molar-refractivity contribution < 1.29 is 14.6 Å². The van der Waals surface area contributed by atoms with Crippen LogP contribution in [0.1, 0.15) is 24.2 Å². The van der Waals surface area contributed by atoms with E-state index in [-0.39, 0.29) is 16.9 Å². The number of carboxylic acid groups (broad SMARTS) is 1. The van der Waals surface area contributed by atoms with Gasteiger partial charge < -0.3 is 20.9 Å². The molecule has 0 radical (unpaired) electrons. The van der Waals surface area contributed by atoms with Crippen molar-refractivity contribution in [1.82, 2.24) is 4.98 Å². The number of pyridine rings is 1. The zero-order chi connectivity index (χ0) is 13.1. The highest BCUT2D eigenvalue weighted by Crippen LogP contribution is 2.16. The summed E-state index contributed by atoms with van der Waals surface area (Å²) in [6, 6.07) is 1.41. The van der Waals surface area contributed by atoms with Crippen LogP contribution in [0.4, 0.5) is 11.5 Å². The Morgan fingerprint density at radius 3 is 2.82 bits per heavy atom. The van der Waals surface area contributed by atoms with Crippen molar-refractivity contribution in [1.29, 1.82) is 0 Å². The van der Waals surface area contributed by atoms with Crippen molar-refractivity contribution in [3.63, 3.8) is 0 Å². The fraction of sp³-hybridized carbons (Fsp3) is 0.455. The van der Waals surface area contributed by atoms with Gasteiger partial charge in [0.15, 0.2) is 0 Å².